The second-order valence-electron chi connectivity index (χ2n) is 4.57. The fraction of sp³-hybridized carbons (Fsp3) is 0.417. The van der Waals surface area contributed by atoms with Crippen molar-refractivity contribution in [3.8, 4) is 0 Å². The van der Waals surface area contributed by atoms with Crippen molar-refractivity contribution in [2.24, 2.45) is 0 Å². The van der Waals surface area contributed by atoms with Gasteiger partial charge in [-0.3, -0.25) is 4.79 Å². The molecule has 1 heterocycles. The van der Waals surface area contributed by atoms with Crippen LogP contribution in [0, 0.1) is 0 Å². The van der Waals surface area contributed by atoms with Crippen molar-refractivity contribution in [1.29, 1.82) is 0 Å². The lowest BCUT2D eigenvalue weighted by Crippen LogP contribution is -2.44. The largest absolute Gasteiger partial charge is 0.398 e. The zero-order chi connectivity index (χ0) is 14.9. The molecule has 0 radical (unpaired) electrons. The molecule has 0 aliphatic carbocycles. The van der Waals surface area contributed by atoms with Crippen LogP contribution in [0.25, 0.3) is 0 Å². The summed E-state index contributed by atoms with van der Waals surface area (Å²) in [6.07, 6.45) is 1.18. The van der Waals surface area contributed by atoms with Gasteiger partial charge in [0.25, 0.3) is 0 Å². The van der Waals surface area contributed by atoms with E-state index in [2.05, 4.69) is 21.2 Å². The Bertz CT molecular complexity index is 633. The number of nitrogens with one attached hydrogen (secondary N) is 1. The summed E-state index contributed by atoms with van der Waals surface area (Å²) in [5.74, 6) is -0.292. The summed E-state index contributed by atoms with van der Waals surface area (Å²) in [5, 5.41) is 2.50. The van der Waals surface area contributed by atoms with E-state index < -0.39 is 16.1 Å². The smallest absolute Gasteiger partial charge is 0.245 e. The van der Waals surface area contributed by atoms with Crippen LogP contribution in [-0.4, -0.2) is 38.3 Å². The first-order valence-electron chi connectivity index (χ1n) is 6.16. The highest BCUT2D eigenvalue weighted by Gasteiger charge is 2.39. The number of hydrogen-bond donors (Lipinski definition) is 2. The minimum atomic E-state index is -3.78. The van der Waals surface area contributed by atoms with Gasteiger partial charge in [0.05, 0.1) is 5.69 Å². The Hall–Kier alpha value is -1.12. The normalized spacial score (nSPS) is 20.0. The number of nitrogens with zero attached hydrogens (tertiary/aromatic N) is 1. The summed E-state index contributed by atoms with van der Waals surface area (Å²) in [6, 6.07) is 4.00. The molecular weight excluding hydrogens is 346 g/mol. The van der Waals surface area contributed by atoms with Gasteiger partial charge in [-0.1, -0.05) is 15.9 Å². The lowest BCUT2D eigenvalue weighted by molar-refractivity contribution is -0.123. The third-order valence-corrected chi connectivity index (χ3v) is 5.77. The molecule has 1 aromatic rings. The molecule has 20 heavy (non-hydrogen) atoms. The summed E-state index contributed by atoms with van der Waals surface area (Å²) in [4.78, 5) is 11.8. The number of rotatable bonds is 3. The molecule has 2 rings (SSSR count). The quantitative estimate of drug-likeness (QED) is 0.783. The number of anilines is 1. The highest BCUT2D eigenvalue weighted by Crippen LogP contribution is 2.30. The Kier molecular flexibility index (Phi) is 4.36. The van der Waals surface area contributed by atoms with Gasteiger partial charge in [0.15, 0.2) is 0 Å². The molecule has 1 aromatic carbocycles. The number of nitrogen functional groups attached to an aromatic ring is 1. The number of carbonyl (C=O) groups excluding carboxylic acids is 1. The van der Waals surface area contributed by atoms with Gasteiger partial charge >= 0.3 is 0 Å². The van der Waals surface area contributed by atoms with Gasteiger partial charge in [0, 0.05) is 18.1 Å². The molecule has 0 aromatic heterocycles. The van der Waals surface area contributed by atoms with Crippen molar-refractivity contribution in [1.82, 2.24) is 9.62 Å². The van der Waals surface area contributed by atoms with E-state index in [1.165, 1.54) is 23.5 Å². The Morgan fingerprint density at radius 2 is 2.20 bits per heavy atom. The molecule has 1 atom stereocenters. The first-order valence-corrected chi connectivity index (χ1v) is 8.39. The maximum absolute atomic E-state index is 12.7. The van der Waals surface area contributed by atoms with Crippen LogP contribution in [-0.2, 0) is 14.8 Å². The van der Waals surface area contributed by atoms with Crippen molar-refractivity contribution in [3.05, 3.63) is 22.7 Å². The van der Waals surface area contributed by atoms with Crippen LogP contribution in [0.1, 0.15) is 12.8 Å². The molecule has 0 spiro atoms. The monoisotopic (exact) mass is 361 g/mol. The SMILES string of the molecule is CNC(=O)C1CCCN1S(=O)(=O)c1cc(Br)ccc1N. The Labute approximate surface area is 126 Å². The fourth-order valence-corrected chi connectivity index (χ4v) is 4.63. The molecule has 1 fully saturated rings. The van der Waals surface area contributed by atoms with Crippen LogP contribution in [0.15, 0.2) is 27.6 Å². The molecule has 1 aliphatic rings. The molecule has 1 saturated heterocycles. The van der Waals surface area contributed by atoms with E-state index in [0.717, 1.165) is 0 Å². The number of likely N-dealkylation sites (N-methyl/N-ethyl adjacent to an activating group) is 1. The molecule has 1 unspecified atom stereocenters. The van der Waals surface area contributed by atoms with Crippen molar-refractivity contribution in [2.75, 3.05) is 19.3 Å². The molecule has 1 aliphatic heterocycles. The highest BCUT2D eigenvalue weighted by atomic mass is 79.9. The van der Waals surface area contributed by atoms with Gasteiger partial charge in [-0.25, -0.2) is 8.42 Å². The molecular formula is C12H16BrN3O3S. The van der Waals surface area contributed by atoms with Crippen LogP contribution in [0.4, 0.5) is 5.69 Å². The average molecular weight is 362 g/mol. The molecule has 0 bridgehead atoms. The van der Waals surface area contributed by atoms with E-state index in [1.54, 1.807) is 6.07 Å². The van der Waals surface area contributed by atoms with Gasteiger partial charge in [0.2, 0.25) is 15.9 Å². The zero-order valence-electron chi connectivity index (χ0n) is 11.0. The lowest BCUT2D eigenvalue weighted by Gasteiger charge is -2.23. The van der Waals surface area contributed by atoms with Crippen LogP contribution >= 0.6 is 15.9 Å². The van der Waals surface area contributed by atoms with Crippen LogP contribution < -0.4 is 11.1 Å². The van der Waals surface area contributed by atoms with E-state index >= 15 is 0 Å². The highest BCUT2D eigenvalue weighted by molar-refractivity contribution is 9.10. The minimum absolute atomic E-state index is 0.0303. The maximum atomic E-state index is 12.7. The molecule has 6 nitrogen and oxygen atoms in total. The van der Waals surface area contributed by atoms with Crippen LogP contribution in [0.3, 0.4) is 0 Å². The second-order valence-corrected chi connectivity index (χ2v) is 7.34. The standard InChI is InChI=1S/C12H16BrN3O3S/c1-15-12(17)10-3-2-6-16(10)20(18,19)11-7-8(13)4-5-9(11)14/h4-5,7,10H,2-3,6,14H2,1H3,(H,15,17). The Morgan fingerprint density at radius 3 is 2.85 bits per heavy atom. The van der Waals surface area contributed by atoms with Gasteiger partial charge < -0.3 is 11.1 Å². The van der Waals surface area contributed by atoms with Crippen LogP contribution in [0.2, 0.25) is 0 Å². The van der Waals surface area contributed by atoms with E-state index in [1.807, 2.05) is 0 Å². The number of benzene rings is 1. The van der Waals surface area contributed by atoms with Gasteiger partial charge in [-0.05, 0) is 31.0 Å². The summed E-state index contributed by atoms with van der Waals surface area (Å²) >= 11 is 3.24. The van der Waals surface area contributed by atoms with E-state index in [4.69, 9.17) is 5.73 Å². The number of amides is 1. The van der Waals surface area contributed by atoms with E-state index in [0.29, 0.717) is 23.9 Å². The number of sulfonamides is 1. The van der Waals surface area contributed by atoms with E-state index in [-0.39, 0.29) is 16.5 Å². The summed E-state index contributed by atoms with van der Waals surface area (Å²) in [5.41, 5.74) is 5.95. The topological polar surface area (TPSA) is 92.5 Å². The number of carbonyl (C=O) groups is 1. The minimum Gasteiger partial charge on any atom is -0.398 e. The molecule has 110 valence electrons. The summed E-state index contributed by atoms with van der Waals surface area (Å²) in [6.45, 7) is 0.326. The van der Waals surface area contributed by atoms with Gasteiger partial charge in [-0.15, -0.1) is 0 Å². The first-order chi connectivity index (χ1) is 9.37. The number of hydrogen-bond acceptors (Lipinski definition) is 4. The van der Waals surface area contributed by atoms with Crippen molar-refractivity contribution in [2.45, 2.75) is 23.8 Å². The van der Waals surface area contributed by atoms with Crippen molar-refractivity contribution < 1.29 is 13.2 Å². The average Bonchev–Trinajstić information content (AvgIpc) is 2.90. The number of halogens is 1. The molecule has 0 saturated carbocycles. The predicted octanol–water partition coefficient (Wildman–Crippen LogP) is 0.930. The Balaban J connectivity index is 2.44. The van der Waals surface area contributed by atoms with Crippen LogP contribution in [0.5, 0.6) is 0 Å². The predicted molar refractivity (Wildman–Crippen MR) is 79.5 cm³/mol. The van der Waals surface area contributed by atoms with Crippen molar-refractivity contribution in [3.63, 3.8) is 0 Å². The number of nitrogens with two attached hydrogens (primary N) is 1. The second kappa shape index (κ2) is 5.71. The summed E-state index contributed by atoms with van der Waals surface area (Å²) < 4.78 is 27.2. The molecule has 1 amide bonds. The first kappa shape index (κ1) is 15.3. The maximum Gasteiger partial charge on any atom is 0.245 e. The van der Waals surface area contributed by atoms with E-state index in [9.17, 15) is 13.2 Å². The third kappa shape index (κ3) is 2.68. The van der Waals surface area contributed by atoms with Crippen molar-refractivity contribution >= 4 is 37.5 Å². The molecule has 8 heteroatoms. The fourth-order valence-electron chi connectivity index (χ4n) is 2.31. The van der Waals surface area contributed by atoms with Gasteiger partial charge in [-0.2, -0.15) is 4.31 Å². The lowest BCUT2D eigenvalue weighted by atomic mass is 10.2. The van der Waals surface area contributed by atoms with Gasteiger partial charge in [0.1, 0.15) is 10.9 Å². The zero-order valence-corrected chi connectivity index (χ0v) is 13.4. The Morgan fingerprint density at radius 1 is 1.50 bits per heavy atom. The third-order valence-electron chi connectivity index (χ3n) is 3.31. The summed E-state index contributed by atoms with van der Waals surface area (Å²) in [7, 11) is -2.28. The molecule has 3 N–H and O–H groups in total.